The first kappa shape index (κ1) is 27.9. The van der Waals surface area contributed by atoms with Crippen LogP contribution < -0.4 is 0 Å². The van der Waals surface area contributed by atoms with Crippen molar-refractivity contribution < 1.29 is 28.6 Å². The van der Waals surface area contributed by atoms with Crippen molar-refractivity contribution in [3.05, 3.63) is 25.3 Å². The van der Waals surface area contributed by atoms with E-state index >= 15 is 0 Å². The van der Waals surface area contributed by atoms with Crippen LogP contribution in [0.5, 0.6) is 0 Å². The molecule has 37 heavy (non-hydrogen) atoms. The normalized spacial score (nSPS) is 41.2. The minimum atomic E-state index is -0.339. The summed E-state index contributed by atoms with van der Waals surface area (Å²) in [5.74, 6) is 1.99. The van der Waals surface area contributed by atoms with E-state index < -0.39 is 0 Å². The summed E-state index contributed by atoms with van der Waals surface area (Å²) < 4.78 is 16.8. The van der Waals surface area contributed by atoms with Crippen molar-refractivity contribution in [1.29, 1.82) is 0 Å². The van der Waals surface area contributed by atoms with Crippen LogP contribution in [-0.4, -0.2) is 37.2 Å². The zero-order chi connectivity index (χ0) is 27.0. The smallest absolute Gasteiger partial charge is 0.330 e. The van der Waals surface area contributed by atoms with Crippen molar-refractivity contribution in [2.45, 2.75) is 97.2 Å². The van der Waals surface area contributed by atoms with Crippen LogP contribution in [0.25, 0.3) is 0 Å². The van der Waals surface area contributed by atoms with Gasteiger partial charge >= 0.3 is 17.9 Å². The minimum Gasteiger partial charge on any atom is -0.469 e. The van der Waals surface area contributed by atoms with Gasteiger partial charge in [0.2, 0.25) is 0 Å². The number of hydrogen-bond acceptors (Lipinski definition) is 6. The van der Waals surface area contributed by atoms with E-state index in [1.165, 1.54) is 25.7 Å². The van der Waals surface area contributed by atoms with E-state index in [9.17, 15) is 14.4 Å². The van der Waals surface area contributed by atoms with E-state index in [1.807, 2.05) is 0 Å². The Bertz CT molecular complexity index is 911. The molecule has 4 rings (SSSR count). The number of methoxy groups -OCH3 is 1. The second-order valence-corrected chi connectivity index (χ2v) is 12.7. The van der Waals surface area contributed by atoms with Crippen molar-refractivity contribution >= 4 is 17.9 Å². The lowest BCUT2D eigenvalue weighted by Gasteiger charge is -2.62. The van der Waals surface area contributed by atoms with Crippen molar-refractivity contribution in [3.8, 4) is 0 Å². The molecule has 6 nitrogen and oxygen atoms in total. The fraction of sp³-hybridized carbons (Fsp3) is 0.774. The van der Waals surface area contributed by atoms with E-state index in [0.29, 0.717) is 41.9 Å². The molecular formula is C31H46O6. The Hall–Kier alpha value is -2.11. The summed E-state index contributed by atoms with van der Waals surface area (Å²) in [6, 6.07) is 0. The third kappa shape index (κ3) is 5.02. The molecule has 0 aromatic carbocycles. The zero-order valence-corrected chi connectivity index (χ0v) is 23.2. The summed E-state index contributed by atoms with van der Waals surface area (Å²) in [6.45, 7) is 14.3. The van der Waals surface area contributed by atoms with Gasteiger partial charge in [-0.05, 0) is 98.7 Å². The molecule has 6 heteroatoms. The molecule has 0 N–H and O–H groups in total. The second kappa shape index (κ2) is 10.9. The van der Waals surface area contributed by atoms with Gasteiger partial charge in [-0.1, -0.05) is 33.9 Å². The zero-order valence-electron chi connectivity index (χ0n) is 23.2. The predicted octanol–water partition coefficient (Wildman–Crippen LogP) is 6.04. The molecule has 0 saturated heterocycles. The molecule has 4 fully saturated rings. The highest BCUT2D eigenvalue weighted by Crippen LogP contribution is 2.69. The van der Waals surface area contributed by atoms with Crippen molar-refractivity contribution in [2.75, 3.05) is 7.11 Å². The molecule has 0 heterocycles. The van der Waals surface area contributed by atoms with Gasteiger partial charge in [0.1, 0.15) is 12.2 Å². The fourth-order valence-corrected chi connectivity index (χ4v) is 9.45. The van der Waals surface area contributed by atoms with Gasteiger partial charge < -0.3 is 14.2 Å². The van der Waals surface area contributed by atoms with E-state index in [1.54, 1.807) is 0 Å². The monoisotopic (exact) mass is 514 g/mol. The summed E-state index contributed by atoms with van der Waals surface area (Å²) in [4.78, 5) is 36.3. The third-order valence-corrected chi connectivity index (χ3v) is 11.4. The Balaban J connectivity index is 1.59. The average Bonchev–Trinajstić information content (AvgIpc) is 3.25. The van der Waals surface area contributed by atoms with Crippen LogP contribution in [0.4, 0.5) is 0 Å². The number of hydrogen-bond donors (Lipinski definition) is 0. The number of rotatable bonds is 8. The van der Waals surface area contributed by atoms with E-state index in [0.717, 1.165) is 51.4 Å². The number of ether oxygens (including phenoxy) is 3. The van der Waals surface area contributed by atoms with E-state index in [-0.39, 0.29) is 40.9 Å². The lowest BCUT2D eigenvalue weighted by Crippen LogP contribution is -2.59. The molecule has 1 unspecified atom stereocenters. The van der Waals surface area contributed by atoms with Gasteiger partial charge in [0.25, 0.3) is 0 Å². The molecule has 0 aromatic heterocycles. The molecule has 10 atom stereocenters. The van der Waals surface area contributed by atoms with E-state index in [2.05, 4.69) is 33.9 Å². The van der Waals surface area contributed by atoms with Crippen LogP contribution >= 0.6 is 0 Å². The molecule has 0 bridgehead atoms. The van der Waals surface area contributed by atoms with Gasteiger partial charge in [-0.25, -0.2) is 9.59 Å². The van der Waals surface area contributed by atoms with Crippen molar-refractivity contribution in [1.82, 2.24) is 0 Å². The standard InChI is InChI=1S/C31H46O6/c1-7-27(32)36-21-15-16-30(4)20(17-21)10-11-22-24-13-12-23(19(3)9-14-29(34)35-6)31(24,5)26(18-25(22)30)37-28(33)8-2/h7-8,19-26H,1-2,9-18H2,3-6H3/t19-,20-,21-,22+,23?,24+,25+,26+,30+,31-/m1/s1. The highest BCUT2D eigenvalue weighted by Gasteiger charge is 2.65. The molecule has 0 aliphatic heterocycles. The second-order valence-electron chi connectivity index (χ2n) is 12.7. The lowest BCUT2D eigenvalue weighted by atomic mass is 9.43. The van der Waals surface area contributed by atoms with E-state index in [4.69, 9.17) is 14.2 Å². The number of esters is 3. The highest BCUT2D eigenvalue weighted by molar-refractivity contribution is 5.81. The minimum absolute atomic E-state index is 0.0325. The first-order valence-electron chi connectivity index (χ1n) is 14.3. The Morgan fingerprint density at radius 2 is 1.65 bits per heavy atom. The Morgan fingerprint density at radius 1 is 0.946 bits per heavy atom. The lowest BCUT2D eigenvalue weighted by molar-refractivity contribution is -0.196. The summed E-state index contributed by atoms with van der Waals surface area (Å²) in [5.41, 5.74) is 0.0318. The highest BCUT2D eigenvalue weighted by atomic mass is 16.5. The topological polar surface area (TPSA) is 78.9 Å². The summed E-state index contributed by atoms with van der Waals surface area (Å²) in [6.07, 6.45) is 11.9. The quantitative estimate of drug-likeness (QED) is 0.223. The van der Waals surface area contributed by atoms with Crippen LogP contribution in [0.15, 0.2) is 25.3 Å². The molecule has 4 aliphatic carbocycles. The molecule has 0 spiro atoms. The molecule has 4 saturated carbocycles. The van der Waals surface area contributed by atoms with Crippen molar-refractivity contribution in [3.63, 3.8) is 0 Å². The van der Waals surface area contributed by atoms with Crippen molar-refractivity contribution in [2.24, 2.45) is 46.3 Å². The molecule has 0 amide bonds. The third-order valence-electron chi connectivity index (χ3n) is 11.4. The Morgan fingerprint density at radius 3 is 2.32 bits per heavy atom. The summed E-state index contributed by atoms with van der Waals surface area (Å²) in [5, 5.41) is 0. The predicted molar refractivity (Wildman–Crippen MR) is 141 cm³/mol. The molecule has 4 aliphatic rings. The molecule has 0 radical (unpaired) electrons. The number of carbonyl (C=O) groups is 3. The van der Waals surface area contributed by atoms with Gasteiger partial charge in [-0.2, -0.15) is 0 Å². The summed E-state index contributed by atoms with van der Waals surface area (Å²) >= 11 is 0. The van der Waals surface area contributed by atoms with Crippen LogP contribution in [0.3, 0.4) is 0 Å². The average molecular weight is 515 g/mol. The molecular weight excluding hydrogens is 468 g/mol. The first-order valence-corrected chi connectivity index (χ1v) is 14.3. The van der Waals surface area contributed by atoms with Crippen LogP contribution in [0, 0.1) is 46.3 Å². The molecule has 0 aromatic rings. The number of carbonyl (C=O) groups excluding carboxylic acids is 3. The van der Waals surface area contributed by atoms with Gasteiger partial charge in [-0.15, -0.1) is 0 Å². The fourth-order valence-electron chi connectivity index (χ4n) is 9.45. The maximum atomic E-state index is 12.6. The van der Waals surface area contributed by atoms with Gasteiger partial charge in [-0.3, -0.25) is 4.79 Å². The maximum Gasteiger partial charge on any atom is 0.330 e. The maximum absolute atomic E-state index is 12.6. The van der Waals surface area contributed by atoms with Crippen LogP contribution in [0.1, 0.15) is 85.0 Å². The Labute approximate surface area is 222 Å². The van der Waals surface area contributed by atoms with Crippen LogP contribution in [-0.2, 0) is 28.6 Å². The van der Waals surface area contributed by atoms with Gasteiger partial charge in [0, 0.05) is 24.0 Å². The van der Waals surface area contributed by atoms with Gasteiger partial charge in [0.05, 0.1) is 7.11 Å². The largest absolute Gasteiger partial charge is 0.469 e. The number of fused-ring (bicyclic) bond motifs is 5. The summed E-state index contributed by atoms with van der Waals surface area (Å²) in [7, 11) is 1.44. The SMILES string of the molecule is C=CC(=O)O[C@@H]1CC[C@@]2(C)[C@H](CC[C@@H]3[C@@H]2C[C@H](OC(=O)C=C)[C@]2(C)C([C@H](C)CCC(=O)OC)CC[C@@H]32)C1. The Kier molecular flexibility index (Phi) is 8.25. The van der Waals surface area contributed by atoms with Gasteiger partial charge in [0.15, 0.2) is 0 Å². The first-order chi connectivity index (χ1) is 17.6. The molecule has 206 valence electrons. The van der Waals surface area contributed by atoms with Crippen LogP contribution in [0.2, 0.25) is 0 Å².